The molecule has 1 unspecified atom stereocenters. The van der Waals surface area contributed by atoms with Crippen LogP contribution in [0.5, 0.6) is 0 Å². The van der Waals surface area contributed by atoms with E-state index in [1.54, 1.807) is 0 Å². The molecular weight excluding hydrogens is 208 g/mol. The van der Waals surface area contributed by atoms with E-state index in [0.717, 1.165) is 0 Å². The molecule has 2 rings (SSSR count). The van der Waals surface area contributed by atoms with Crippen LogP contribution in [0.1, 0.15) is 19.4 Å². The Morgan fingerprint density at radius 2 is 1.86 bits per heavy atom. The van der Waals surface area contributed by atoms with Gasteiger partial charge in [0.2, 0.25) is 0 Å². The zero-order chi connectivity index (χ0) is 9.97. The van der Waals surface area contributed by atoms with Gasteiger partial charge in [-0.15, -0.1) is 0 Å². The van der Waals surface area contributed by atoms with Crippen LogP contribution in [0.25, 0.3) is 5.57 Å². The van der Waals surface area contributed by atoms with Gasteiger partial charge in [0, 0.05) is 5.25 Å². The largest absolute Gasteiger partial charge is 0.0810 e. The second-order valence-electron chi connectivity index (χ2n) is 3.80. The molecule has 0 aliphatic carbocycles. The standard InChI is InChI=1S/C12H14S2/c1-9(2)12-11(8-13-14-12)10-6-4-3-5-7-10/h3-9,12H,1-2H3. The first-order valence-electron chi connectivity index (χ1n) is 4.86. The van der Waals surface area contributed by atoms with Gasteiger partial charge in [0.1, 0.15) is 0 Å². The molecule has 0 bridgehead atoms. The Bertz CT molecular complexity index is 327. The van der Waals surface area contributed by atoms with Crippen LogP contribution in [0.3, 0.4) is 0 Å². The number of rotatable bonds is 2. The van der Waals surface area contributed by atoms with Crippen molar-refractivity contribution in [2.75, 3.05) is 0 Å². The lowest BCUT2D eigenvalue weighted by Crippen LogP contribution is -2.09. The summed E-state index contributed by atoms with van der Waals surface area (Å²) in [6.45, 7) is 4.58. The Labute approximate surface area is 93.6 Å². The summed E-state index contributed by atoms with van der Waals surface area (Å²) >= 11 is 0. The maximum absolute atomic E-state index is 2.30. The quantitative estimate of drug-likeness (QED) is 0.678. The fraction of sp³-hybridized carbons (Fsp3) is 0.333. The van der Waals surface area contributed by atoms with E-state index in [1.807, 2.05) is 21.6 Å². The smallest absolute Gasteiger partial charge is 0.0438 e. The Balaban J connectivity index is 2.26. The zero-order valence-corrected chi connectivity index (χ0v) is 10.1. The highest BCUT2D eigenvalue weighted by Crippen LogP contribution is 2.47. The van der Waals surface area contributed by atoms with Crippen molar-refractivity contribution in [2.45, 2.75) is 19.1 Å². The second kappa shape index (κ2) is 4.45. The number of benzene rings is 1. The third-order valence-corrected chi connectivity index (χ3v) is 5.06. The molecule has 1 aliphatic heterocycles. The van der Waals surface area contributed by atoms with Gasteiger partial charge in [0.05, 0.1) is 0 Å². The van der Waals surface area contributed by atoms with Gasteiger partial charge >= 0.3 is 0 Å². The summed E-state index contributed by atoms with van der Waals surface area (Å²) in [4.78, 5) is 0. The summed E-state index contributed by atoms with van der Waals surface area (Å²) in [6, 6.07) is 10.7. The minimum Gasteiger partial charge on any atom is -0.0810 e. The molecule has 0 fully saturated rings. The molecule has 0 amide bonds. The van der Waals surface area contributed by atoms with E-state index in [2.05, 4.69) is 49.6 Å². The molecule has 0 aromatic heterocycles. The van der Waals surface area contributed by atoms with Crippen LogP contribution in [0.15, 0.2) is 35.7 Å². The maximum Gasteiger partial charge on any atom is 0.0438 e. The number of hydrogen-bond acceptors (Lipinski definition) is 2. The lowest BCUT2D eigenvalue weighted by molar-refractivity contribution is 0.691. The van der Waals surface area contributed by atoms with Gasteiger partial charge in [0.15, 0.2) is 0 Å². The SMILES string of the molecule is CC(C)C1SSC=C1c1ccccc1. The predicted molar refractivity (Wildman–Crippen MR) is 68.2 cm³/mol. The summed E-state index contributed by atoms with van der Waals surface area (Å²) in [7, 11) is 3.85. The van der Waals surface area contributed by atoms with Crippen LogP contribution in [0.2, 0.25) is 0 Å². The van der Waals surface area contributed by atoms with Gasteiger partial charge in [-0.1, -0.05) is 65.8 Å². The van der Waals surface area contributed by atoms with Crippen molar-refractivity contribution >= 4 is 27.2 Å². The first-order chi connectivity index (χ1) is 6.79. The summed E-state index contributed by atoms with van der Waals surface area (Å²) in [5.41, 5.74) is 2.87. The molecule has 1 aromatic carbocycles. The fourth-order valence-electron chi connectivity index (χ4n) is 1.59. The van der Waals surface area contributed by atoms with Gasteiger partial charge in [-0.2, -0.15) is 0 Å². The number of hydrogen-bond donors (Lipinski definition) is 0. The fourth-order valence-corrected chi connectivity index (χ4v) is 4.58. The van der Waals surface area contributed by atoms with Gasteiger partial charge in [-0.25, -0.2) is 0 Å². The molecule has 1 atom stereocenters. The molecule has 14 heavy (non-hydrogen) atoms. The Morgan fingerprint density at radius 1 is 1.14 bits per heavy atom. The molecular formula is C12H14S2. The van der Waals surface area contributed by atoms with Crippen molar-refractivity contribution in [3.8, 4) is 0 Å². The van der Waals surface area contributed by atoms with Crippen molar-refractivity contribution in [1.82, 2.24) is 0 Å². The highest BCUT2D eigenvalue weighted by Gasteiger charge is 2.24. The maximum atomic E-state index is 2.30. The van der Waals surface area contributed by atoms with Crippen molar-refractivity contribution in [3.63, 3.8) is 0 Å². The first kappa shape index (κ1) is 10.2. The van der Waals surface area contributed by atoms with Crippen molar-refractivity contribution in [3.05, 3.63) is 41.3 Å². The molecule has 0 nitrogen and oxygen atoms in total. The molecule has 74 valence electrons. The lowest BCUT2D eigenvalue weighted by Gasteiger charge is -2.17. The van der Waals surface area contributed by atoms with Crippen LogP contribution in [-0.4, -0.2) is 5.25 Å². The Morgan fingerprint density at radius 3 is 2.50 bits per heavy atom. The topological polar surface area (TPSA) is 0 Å². The third kappa shape index (κ3) is 2.01. The van der Waals surface area contributed by atoms with Crippen LogP contribution in [0.4, 0.5) is 0 Å². The van der Waals surface area contributed by atoms with E-state index < -0.39 is 0 Å². The van der Waals surface area contributed by atoms with Crippen molar-refractivity contribution < 1.29 is 0 Å². The summed E-state index contributed by atoms with van der Waals surface area (Å²) in [5, 5.41) is 2.95. The normalized spacial score (nSPS) is 21.4. The average molecular weight is 222 g/mol. The summed E-state index contributed by atoms with van der Waals surface area (Å²) in [5.74, 6) is 0.710. The average Bonchev–Trinajstić information content (AvgIpc) is 2.67. The molecule has 0 saturated carbocycles. The van der Waals surface area contributed by atoms with E-state index in [1.165, 1.54) is 11.1 Å². The van der Waals surface area contributed by atoms with Crippen LogP contribution >= 0.6 is 21.6 Å². The summed E-state index contributed by atoms with van der Waals surface area (Å²) in [6.07, 6.45) is 0. The molecule has 2 heteroatoms. The van der Waals surface area contributed by atoms with Gasteiger partial charge in [0.25, 0.3) is 0 Å². The van der Waals surface area contributed by atoms with E-state index >= 15 is 0 Å². The molecule has 0 N–H and O–H groups in total. The highest BCUT2D eigenvalue weighted by atomic mass is 33.1. The molecule has 1 heterocycles. The van der Waals surface area contributed by atoms with Gasteiger partial charge in [-0.05, 0) is 22.5 Å². The Kier molecular flexibility index (Phi) is 3.24. The van der Waals surface area contributed by atoms with Crippen LogP contribution < -0.4 is 0 Å². The molecule has 0 spiro atoms. The first-order valence-corrected chi connectivity index (χ1v) is 7.14. The zero-order valence-electron chi connectivity index (χ0n) is 8.44. The molecule has 0 radical (unpaired) electrons. The van der Waals surface area contributed by atoms with Crippen molar-refractivity contribution in [1.29, 1.82) is 0 Å². The van der Waals surface area contributed by atoms with Crippen LogP contribution in [-0.2, 0) is 0 Å². The van der Waals surface area contributed by atoms with Crippen molar-refractivity contribution in [2.24, 2.45) is 5.92 Å². The van der Waals surface area contributed by atoms with Gasteiger partial charge in [-0.3, -0.25) is 0 Å². The summed E-state index contributed by atoms with van der Waals surface area (Å²) < 4.78 is 0. The van der Waals surface area contributed by atoms with E-state index in [0.29, 0.717) is 11.2 Å². The minimum atomic E-state index is 0.655. The van der Waals surface area contributed by atoms with E-state index in [-0.39, 0.29) is 0 Å². The van der Waals surface area contributed by atoms with Gasteiger partial charge < -0.3 is 0 Å². The molecule has 1 aromatic rings. The van der Waals surface area contributed by atoms with Crippen LogP contribution in [0, 0.1) is 5.92 Å². The Hall–Kier alpha value is -0.340. The monoisotopic (exact) mass is 222 g/mol. The minimum absolute atomic E-state index is 0.655. The van der Waals surface area contributed by atoms with E-state index in [9.17, 15) is 0 Å². The predicted octanol–water partition coefficient (Wildman–Crippen LogP) is 4.45. The second-order valence-corrected chi connectivity index (χ2v) is 6.08. The lowest BCUT2D eigenvalue weighted by atomic mass is 9.97. The van der Waals surface area contributed by atoms with E-state index in [4.69, 9.17) is 0 Å². The highest BCUT2D eigenvalue weighted by molar-refractivity contribution is 8.78. The molecule has 0 saturated heterocycles. The third-order valence-electron chi connectivity index (χ3n) is 2.35. The molecule has 1 aliphatic rings.